The molecule has 0 saturated heterocycles. The van der Waals surface area contributed by atoms with E-state index in [1.54, 1.807) is 35.0 Å². The van der Waals surface area contributed by atoms with Crippen molar-refractivity contribution in [3.63, 3.8) is 0 Å². The molecule has 0 heterocycles. The molecule has 0 saturated carbocycles. The van der Waals surface area contributed by atoms with E-state index < -0.39 is 11.3 Å². The quantitative estimate of drug-likeness (QED) is 0.245. The second-order valence-corrected chi connectivity index (χ2v) is 9.50. The number of methoxy groups -OCH3 is 2. The van der Waals surface area contributed by atoms with Gasteiger partial charge in [0.25, 0.3) is 0 Å². The summed E-state index contributed by atoms with van der Waals surface area (Å²) in [5, 5.41) is 10.4. The monoisotopic (exact) mass is 526 g/mol. The number of carbonyl (C=O) groups excluding carboxylic acids is 2. The summed E-state index contributed by atoms with van der Waals surface area (Å²) in [6, 6.07) is 6.10. The summed E-state index contributed by atoms with van der Waals surface area (Å²) >= 11 is 0. The summed E-state index contributed by atoms with van der Waals surface area (Å²) < 4.78 is 16.3. The highest BCUT2D eigenvalue weighted by Crippen LogP contribution is 2.29. The van der Waals surface area contributed by atoms with Gasteiger partial charge in [-0.3, -0.25) is 9.59 Å². The van der Waals surface area contributed by atoms with Gasteiger partial charge in [-0.15, -0.1) is 0 Å². The molecule has 4 N–H and O–H groups in total. The highest BCUT2D eigenvalue weighted by molar-refractivity contribution is 5.82. The average molecular weight is 527 g/mol. The van der Waals surface area contributed by atoms with E-state index in [0.717, 1.165) is 56.4 Å². The standard InChI is InChI=1S/C24H40N2O5.C3H8.C2H6O/c1-24(2,23(25)28)18-26-22(27)12-9-7-5-6-8-11-19-13-14-20(30-4)21(17-19)31-16-10-15-29-3;1-3-2;1-2-3/h13-14,17H,5-12,15-16,18H2,1-4H3,(H2,25,28)(H,26,27);3H2,1-2H3;3H,2H2,1H3. The Morgan fingerprint density at radius 1 is 0.946 bits per heavy atom. The van der Waals surface area contributed by atoms with Crippen LogP contribution in [0.1, 0.15) is 91.5 Å². The maximum atomic E-state index is 11.9. The Morgan fingerprint density at radius 3 is 2.11 bits per heavy atom. The van der Waals surface area contributed by atoms with Crippen LogP contribution in [0.5, 0.6) is 11.5 Å². The number of aliphatic hydroxyl groups excluding tert-OH is 1. The van der Waals surface area contributed by atoms with Crippen LogP contribution in [0.2, 0.25) is 0 Å². The van der Waals surface area contributed by atoms with Gasteiger partial charge >= 0.3 is 0 Å². The second kappa shape index (κ2) is 24.0. The average Bonchev–Trinajstić information content (AvgIpc) is 2.86. The zero-order chi connectivity index (χ0) is 28.5. The summed E-state index contributed by atoms with van der Waals surface area (Å²) in [4.78, 5) is 23.2. The van der Waals surface area contributed by atoms with Gasteiger partial charge in [-0.05, 0) is 57.7 Å². The molecule has 8 nitrogen and oxygen atoms in total. The number of amides is 2. The molecule has 0 radical (unpaired) electrons. The Balaban J connectivity index is 0. The number of nitrogens with one attached hydrogen (secondary N) is 1. The van der Waals surface area contributed by atoms with Crippen LogP contribution in [0.4, 0.5) is 0 Å². The number of rotatable bonds is 17. The van der Waals surface area contributed by atoms with Crippen molar-refractivity contribution < 1.29 is 28.9 Å². The van der Waals surface area contributed by atoms with Crippen molar-refractivity contribution in [1.82, 2.24) is 5.32 Å². The number of ether oxygens (including phenoxy) is 3. The molecule has 0 atom stereocenters. The van der Waals surface area contributed by atoms with E-state index >= 15 is 0 Å². The molecule has 1 aromatic carbocycles. The van der Waals surface area contributed by atoms with E-state index in [0.29, 0.717) is 19.6 Å². The van der Waals surface area contributed by atoms with Crippen LogP contribution in [-0.2, 0) is 20.7 Å². The first-order chi connectivity index (χ1) is 17.6. The van der Waals surface area contributed by atoms with Gasteiger partial charge in [-0.25, -0.2) is 0 Å². The fourth-order valence-corrected chi connectivity index (χ4v) is 3.01. The molecule has 1 aromatic rings. The molecule has 0 aromatic heterocycles. The van der Waals surface area contributed by atoms with Crippen molar-refractivity contribution in [3.05, 3.63) is 23.8 Å². The number of aliphatic hydroxyl groups is 1. The summed E-state index contributed by atoms with van der Waals surface area (Å²) in [6.07, 6.45) is 8.73. The summed E-state index contributed by atoms with van der Waals surface area (Å²) in [6.45, 7) is 11.2. The maximum absolute atomic E-state index is 11.9. The van der Waals surface area contributed by atoms with E-state index in [4.69, 9.17) is 25.1 Å². The number of unbranched alkanes of at least 4 members (excludes halogenated alkanes) is 4. The molecule has 8 heteroatoms. The van der Waals surface area contributed by atoms with Crippen molar-refractivity contribution in [1.29, 1.82) is 0 Å². The lowest BCUT2D eigenvalue weighted by atomic mass is 9.93. The minimum atomic E-state index is -0.716. The molecule has 0 unspecified atom stereocenters. The van der Waals surface area contributed by atoms with Gasteiger partial charge in [0.15, 0.2) is 11.5 Å². The molecule has 0 bridgehead atoms. The van der Waals surface area contributed by atoms with Gasteiger partial charge in [0, 0.05) is 39.7 Å². The fraction of sp³-hybridized carbons (Fsp3) is 0.724. The van der Waals surface area contributed by atoms with E-state index in [-0.39, 0.29) is 19.1 Å². The normalized spacial score (nSPS) is 10.4. The predicted molar refractivity (Wildman–Crippen MR) is 151 cm³/mol. The van der Waals surface area contributed by atoms with Gasteiger partial charge < -0.3 is 30.4 Å². The number of benzene rings is 1. The van der Waals surface area contributed by atoms with Crippen LogP contribution >= 0.6 is 0 Å². The highest BCUT2D eigenvalue weighted by Gasteiger charge is 2.25. The summed E-state index contributed by atoms with van der Waals surface area (Å²) in [7, 11) is 3.33. The molecule has 216 valence electrons. The Kier molecular flexibility index (Phi) is 23.9. The Labute approximate surface area is 225 Å². The van der Waals surface area contributed by atoms with Crippen molar-refractivity contribution >= 4 is 11.8 Å². The Morgan fingerprint density at radius 2 is 1.54 bits per heavy atom. The Bertz CT molecular complexity index is 708. The third-order valence-corrected chi connectivity index (χ3v) is 5.24. The van der Waals surface area contributed by atoms with Crippen molar-refractivity contribution in [2.75, 3.05) is 40.6 Å². The first kappa shape index (κ1) is 36.8. The fourth-order valence-electron chi connectivity index (χ4n) is 3.01. The molecular formula is C29H54N2O6. The smallest absolute Gasteiger partial charge is 0.224 e. The summed E-state index contributed by atoms with van der Waals surface area (Å²) in [5.74, 6) is 1.10. The van der Waals surface area contributed by atoms with E-state index in [9.17, 15) is 9.59 Å². The van der Waals surface area contributed by atoms with Crippen LogP contribution < -0.4 is 20.5 Å². The zero-order valence-electron chi connectivity index (χ0n) is 24.5. The molecule has 0 aliphatic rings. The van der Waals surface area contributed by atoms with Crippen LogP contribution in [0.25, 0.3) is 0 Å². The SMILES string of the molecule is CCC.CCO.COCCCOc1cc(CCCCCCCC(=O)NCC(C)(C)C(N)=O)ccc1OC. The third kappa shape index (κ3) is 20.4. The van der Waals surface area contributed by atoms with Crippen LogP contribution in [0.3, 0.4) is 0 Å². The number of carbonyl (C=O) groups is 2. The van der Waals surface area contributed by atoms with Crippen LogP contribution in [-0.4, -0.2) is 57.5 Å². The van der Waals surface area contributed by atoms with Crippen LogP contribution in [0.15, 0.2) is 18.2 Å². The Hall–Kier alpha value is -2.32. The molecule has 37 heavy (non-hydrogen) atoms. The van der Waals surface area contributed by atoms with Crippen molar-refractivity contribution in [2.45, 2.75) is 92.4 Å². The van der Waals surface area contributed by atoms with E-state index in [2.05, 4.69) is 31.3 Å². The predicted octanol–water partition coefficient (Wildman–Crippen LogP) is 5.04. The molecule has 2 amide bonds. The lowest BCUT2D eigenvalue weighted by Gasteiger charge is -2.20. The number of aryl methyl sites for hydroxylation is 1. The molecule has 1 rings (SSSR count). The first-order valence-electron chi connectivity index (χ1n) is 13.6. The highest BCUT2D eigenvalue weighted by atomic mass is 16.5. The van der Waals surface area contributed by atoms with Crippen LogP contribution in [0, 0.1) is 5.41 Å². The topological polar surface area (TPSA) is 120 Å². The first-order valence-corrected chi connectivity index (χ1v) is 13.6. The van der Waals surface area contributed by atoms with Gasteiger partial charge in [-0.1, -0.05) is 45.6 Å². The summed E-state index contributed by atoms with van der Waals surface area (Å²) in [5.41, 5.74) is 5.83. The third-order valence-electron chi connectivity index (χ3n) is 5.24. The number of nitrogens with two attached hydrogens (primary N) is 1. The van der Waals surface area contributed by atoms with Gasteiger partial charge in [0.1, 0.15) is 0 Å². The zero-order valence-corrected chi connectivity index (χ0v) is 24.5. The molecule has 0 aliphatic heterocycles. The lowest BCUT2D eigenvalue weighted by molar-refractivity contribution is -0.127. The number of hydrogen-bond donors (Lipinski definition) is 3. The minimum Gasteiger partial charge on any atom is -0.493 e. The molecular weight excluding hydrogens is 472 g/mol. The molecule has 0 spiro atoms. The van der Waals surface area contributed by atoms with Crippen molar-refractivity contribution in [2.24, 2.45) is 11.1 Å². The molecule has 0 fully saturated rings. The largest absolute Gasteiger partial charge is 0.493 e. The van der Waals surface area contributed by atoms with Gasteiger partial charge in [0.05, 0.1) is 19.1 Å². The van der Waals surface area contributed by atoms with E-state index in [1.165, 1.54) is 12.0 Å². The maximum Gasteiger partial charge on any atom is 0.224 e. The van der Waals surface area contributed by atoms with Gasteiger partial charge in [-0.2, -0.15) is 0 Å². The number of primary amides is 1. The number of hydrogen-bond acceptors (Lipinski definition) is 6. The van der Waals surface area contributed by atoms with Crippen molar-refractivity contribution in [3.8, 4) is 11.5 Å². The second-order valence-electron chi connectivity index (χ2n) is 9.50. The lowest BCUT2D eigenvalue weighted by Crippen LogP contribution is -2.42. The van der Waals surface area contributed by atoms with E-state index in [1.807, 2.05) is 6.07 Å². The van der Waals surface area contributed by atoms with Gasteiger partial charge in [0.2, 0.25) is 11.8 Å². The minimum absolute atomic E-state index is 0.0226. The molecule has 0 aliphatic carbocycles.